The lowest BCUT2D eigenvalue weighted by atomic mass is 9.97. The lowest BCUT2D eigenvalue weighted by Gasteiger charge is -2.38. The molecule has 3 rings (SSSR count). The van der Waals surface area contributed by atoms with Crippen molar-refractivity contribution in [2.45, 2.75) is 39.1 Å². The Balaban J connectivity index is 2.11. The number of rotatable bonds is 2. The van der Waals surface area contributed by atoms with E-state index in [1.165, 1.54) is 5.56 Å². The van der Waals surface area contributed by atoms with Gasteiger partial charge in [-0.25, -0.2) is 0 Å². The molecule has 0 amide bonds. The van der Waals surface area contributed by atoms with E-state index in [4.69, 9.17) is 21.1 Å². The molecule has 0 saturated carbocycles. The summed E-state index contributed by atoms with van der Waals surface area (Å²) in [5, 5.41) is 0.660. The molecular weight excluding hydrogens is 364 g/mol. The van der Waals surface area contributed by atoms with E-state index < -0.39 is 5.79 Å². The monoisotopic (exact) mass is 380 g/mol. The average Bonchev–Trinajstić information content (AvgIpc) is 2.47. The maximum atomic E-state index is 6.21. The lowest BCUT2D eigenvalue weighted by molar-refractivity contribution is -0.196. The second kappa shape index (κ2) is 5.88. The molecular formula is C18H18BrClO2. The van der Waals surface area contributed by atoms with E-state index in [1.54, 1.807) is 0 Å². The number of halogens is 2. The Morgan fingerprint density at radius 2 is 1.86 bits per heavy atom. The van der Waals surface area contributed by atoms with Gasteiger partial charge in [-0.05, 0) is 45.6 Å². The van der Waals surface area contributed by atoms with Crippen molar-refractivity contribution in [3.05, 3.63) is 62.6 Å². The molecule has 2 aromatic carbocycles. The molecule has 1 unspecified atom stereocenters. The van der Waals surface area contributed by atoms with Gasteiger partial charge in [0.15, 0.2) is 0 Å². The van der Waals surface area contributed by atoms with Gasteiger partial charge >= 0.3 is 0 Å². The number of fused-ring (bicyclic) bond motifs is 1. The fourth-order valence-electron chi connectivity index (χ4n) is 2.68. The van der Waals surface area contributed by atoms with Crippen molar-refractivity contribution in [1.29, 1.82) is 0 Å². The molecule has 0 N–H and O–H groups in total. The molecule has 0 spiro atoms. The van der Waals surface area contributed by atoms with E-state index in [9.17, 15) is 0 Å². The van der Waals surface area contributed by atoms with Gasteiger partial charge in [-0.2, -0.15) is 0 Å². The van der Waals surface area contributed by atoms with Gasteiger partial charge < -0.3 is 9.47 Å². The van der Waals surface area contributed by atoms with E-state index in [2.05, 4.69) is 47.1 Å². The third-order valence-corrected chi connectivity index (χ3v) is 4.57. The van der Waals surface area contributed by atoms with Crippen molar-refractivity contribution < 1.29 is 9.47 Å². The molecule has 0 aromatic heterocycles. The van der Waals surface area contributed by atoms with Crippen LogP contribution in [0.2, 0.25) is 5.02 Å². The van der Waals surface area contributed by atoms with E-state index in [0.29, 0.717) is 5.02 Å². The largest absolute Gasteiger partial charge is 0.461 e. The molecule has 0 aliphatic carbocycles. The topological polar surface area (TPSA) is 18.5 Å². The summed E-state index contributed by atoms with van der Waals surface area (Å²) in [7, 11) is 0. The molecule has 2 aromatic rings. The molecule has 0 fully saturated rings. The van der Waals surface area contributed by atoms with Gasteiger partial charge in [0.25, 0.3) is 0 Å². The van der Waals surface area contributed by atoms with Gasteiger partial charge in [-0.1, -0.05) is 42.8 Å². The highest BCUT2D eigenvalue weighted by molar-refractivity contribution is 9.10. The second-order valence-corrected chi connectivity index (χ2v) is 7.19. The Morgan fingerprint density at radius 1 is 1.18 bits per heavy atom. The van der Waals surface area contributed by atoms with Gasteiger partial charge in [-0.15, -0.1) is 0 Å². The van der Waals surface area contributed by atoms with Crippen LogP contribution in [0.4, 0.5) is 0 Å². The van der Waals surface area contributed by atoms with Crippen LogP contribution in [0.3, 0.4) is 0 Å². The van der Waals surface area contributed by atoms with Crippen LogP contribution in [-0.4, -0.2) is 5.79 Å². The highest BCUT2D eigenvalue weighted by Crippen LogP contribution is 2.46. The number of benzene rings is 2. The number of hydrogen-bond acceptors (Lipinski definition) is 2. The standard InChI is InChI=1S/C18H18BrClO2/c1-4-11-5-7-12(8-6-11)16-14-9-13(20)10-15(19)17(14)22-18(2,3)21-16/h5-10,16H,4H2,1-3H3. The van der Waals surface area contributed by atoms with Crippen molar-refractivity contribution >= 4 is 27.5 Å². The lowest BCUT2D eigenvalue weighted by Crippen LogP contribution is -2.38. The molecule has 4 heteroatoms. The molecule has 22 heavy (non-hydrogen) atoms. The van der Waals surface area contributed by atoms with Crippen molar-refractivity contribution in [1.82, 2.24) is 0 Å². The molecule has 0 saturated heterocycles. The molecule has 1 atom stereocenters. The summed E-state index contributed by atoms with van der Waals surface area (Å²) in [6.45, 7) is 5.99. The quantitative estimate of drug-likeness (QED) is 0.645. The minimum atomic E-state index is -0.697. The normalized spacial score (nSPS) is 19.4. The molecule has 2 nitrogen and oxygen atoms in total. The minimum Gasteiger partial charge on any atom is -0.461 e. The third kappa shape index (κ3) is 3.03. The fraction of sp³-hybridized carbons (Fsp3) is 0.333. The highest BCUT2D eigenvalue weighted by Gasteiger charge is 2.36. The summed E-state index contributed by atoms with van der Waals surface area (Å²) in [4.78, 5) is 0. The van der Waals surface area contributed by atoms with Gasteiger partial charge in [0.1, 0.15) is 11.9 Å². The predicted molar refractivity (Wildman–Crippen MR) is 92.6 cm³/mol. The molecule has 0 bridgehead atoms. The molecule has 116 valence electrons. The van der Waals surface area contributed by atoms with Crippen LogP contribution in [0, 0.1) is 0 Å². The smallest absolute Gasteiger partial charge is 0.205 e. The molecule has 1 aliphatic heterocycles. The summed E-state index contributed by atoms with van der Waals surface area (Å²) in [5.74, 6) is 0.0995. The van der Waals surface area contributed by atoms with E-state index >= 15 is 0 Å². The summed E-state index contributed by atoms with van der Waals surface area (Å²) < 4.78 is 13.0. The predicted octanol–water partition coefficient (Wildman–Crippen LogP) is 5.90. The first-order valence-electron chi connectivity index (χ1n) is 7.34. The van der Waals surface area contributed by atoms with Crippen molar-refractivity contribution in [3.8, 4) is 5.75 Å². The first-order chi connectivity index (χ1) is 10.4. The molecule has 0 radical (unpaired) electrons. The van der Waals surface area contributed by atoms with E-state index in [1.807, 2.05) is 26.0 Å². The molecule has 1 aliphatic rings. The molecule has 1 heterocycles. The van der Waals surface area contributed by atoms with Crippen molar-refractivity contribution in [3.63, 3.8) is 0 Å². The van der Waals surface area contributed by atoms with Crippen LogP contribution in [0.25, 0.3) is 0 Å². The zero-order valence-corrected chi connectivity index (χ0v) is 15.2. The van der Waals surface area contributed by atoms with Crippen LogP contribution in [0.1, 0.15) is 43.6 Å². The van der Waals surface area contributed by atoms with Crippen LogP contribution >= 0.6 is 27.5 Å². The van der Waals surface area contributed by atoms with Crippen LogP contribution in [-0.2, 0) is 11.2 Å². The van der Waals surface area contributed by atoms with Gasteiger partial charge in [0.2, 0.25) is 5.79 Å². The zero-order valence-electron chi connectivity index (χ0n) is 12.8. The van der Waals surface area contributed by atoms with E-state index in [-0.39, 0.29) is 6.10 Å². The van der Waals surface area contributed by atoms with Crippen LogP contribution < -0.4 is 4.74 Å². The average molecular weight is 382 g/mol. The van der Waals surface area contributed by atoms with Crippen LogP contribution in [0.5, 0.6) is 5.75 Å². The Bertz CT molecular complexity index is 695. The maximum Gasteiger partial charge on any atom is 0.205 e. The summed E-state index contributed by atoms with van der Waals surface area (Å²) in [6, 6.07) is 12.3. The van der Waals surface area contributed by atoms with Gasteiger partial charge in [0, 0.05) is 24.4 Å². The van der Waals surface area contributed by atoms with Gasteiger partial charge in [0.05, 0.1) is 4.47 Å². The number of aryl methyl sites for hydroxylation is 1. The van der Waals surface area contributed by atoms with Crippen molar-refractivity contribution in [2.75, 3.05) is 0 Å². The van der Waals surface area contributed by atoms with Gasteiger partial charge in [-0.3, -0.25) is 0 Å². The second-order valence-electron chi connectivity index (χ2n) is 5.90. The SMILES string of the molecule is CCc1ccc(C2OC(C)(C)Oc3c(Br)cc(Cl)cc32)cc1. The fourth-order valence-corrected chi connectivity index (χ4v) is 3.59. The van der Waals surface area contributed by atoms with Crippen LogP contribution in [0.15, 0.2) is 40.9 Å². The Kier molecular flexibility index (Phi) is 4.23. The van der Waals surface area contributed by atoms with Crippen molar-refractivity contribution in [2.24, 2.45) is 0 Å². The summed E-state index contributed by atoms with van der Waals surface area (Å²) >= 11 is 9.75. The first-order valence-corrected chi connectivity index (χ1v) is 8.51. The Hall–Kier alpha value is -1.03. The summed E-state index contributed by atoms with van der Waals surface area (Å²) in [5.41, 5.74) is 3.36. The highest BCUT2D eigenvalue weighted by atomic mass is 79.9. The Labute approximate surface area is 144 Å². The minimum absolute atomic E-state index is 0.195. The zero-order chi connectivity index (χ0) is 15.9. The first kappa shape index (κ1) is 15.9. The Morgan fingerprint density at radius 3 is 2.50 bits per heavy atom. The number of ether oxygens (including phenoxy) is 2. The third-order valence-electron chi connectivity index (χ3n) is 3.76. The van der Waals surface area contributed by atoms with E-state index in [0.717, 1.165) is 27.8 Å². The number of hydrogen-bond donors (Lipinski definition) is 0. The summed E-state index contributed by atoms with van der Waals surface area (Å²) in [6.07, 6.45) is 0.827. The maximum absolute atomic E-state index is 6.21.